The van der Waals surface area contributed by atoms with Gasteiger partial charge in [0.05, 0.1) is 5.52 Å². The monoisotopic (exact) mass is 1330 g/mol. The molecule has 16 aromatic carbocycles. The fraction of sp³-hybridized carbons (Fsp3) is 0. The van der Waals surface area contributed by atoms with Crippen LogP contribution in [0.25, 0.3) is 165 Å². The molecular formula is C98H62N4O2. The smallest absolute Gasteiger partial charge is 0.161 e. The first-order valence-corrected chi connectivity index (χ1v) is 35.3. The molecular weight excluding hydrogens is 1270 g/mol. The van der Waals surface area contributed by atoms with E-state index in [0.29, 0.717) is 0 Å². The molecule has 0 amide bonds. The molecule has 0 fully saturated rings. The number of anilines is 6. The van der Waals surface area contributed by atoms with E-state index in [-0.39, 0.29) is 0 Å². The highest BCUT2D eigenvalue weighted by Crippen LogP contribution is 2.46. The summed E-state index contributed by atoms with van der Waals surface area (Å²) in [6.07, 6.45) is 3.94. The van der Waals surface area contributed by atoms with Crippen LogP contribution in [0, 0.1) is 0 Å². The van der Waals surface area contributed by atoms with Crippen molar-refractivity contribution >= 4 is 121 Å². The van der Waals surface area contributed by atoms with Crippen molar-refractivity contribution in [2.75, 3.05) is 9.80 Å². The lowest BCUT2D eigenvalue weighted by molar-refractivity contribution is 0.672. The molecule has 6 nitrogen and oxygen atoms in total. The first-order chi connectivity index (χ1) is 51.5. The van der Waals surface area contributed by atoms with Gasteiger partial charge in [-0.05, 0) is 209 Å². The molecule has 20 aromatic rings. The third kappa shape index (κ3) is 10.5. The van der Waals surface area contributed by atoms with E-state index >= 15 is 0 Å². The summed E-state index contributed by atoms with van der Waals surface area (Å²) >= 11 is 0. The molecule has 20 rings (SSSR count). The second-order valence-corrected chi connectivity index (χ2v) is 26.8. The first kappa shape index (κ1) is 60.1. The highest BCUT2D eigenvalue weighted by atomic mass is 16.3. The normalized spacial score (nSPS) is 11.7. The number of para-hydroxylation sites is 1. The fourth-order valence-electron chi connectivity index (χ4n) is 15.6. The maximum Gasteiger partial charge on any atom is 0.161 e. The van der Waals surface area contributed by atoms with Crippen LogP contribution in [-0.4, -0.2) is 9.97 Å². The number of aromatic nitrogens is 2. The number of hydrogen-bond donors (Lipinski definition) is 0. The third-order valence-corrected chi connectivity index (χ3v) is 20.8. The quantitative estimate of drug-likeness (QED) is 0.115. The van der Waals surface area contributed by atoms with Gasteiger partial charge in [-0.3, -0.25) is 9.97 Å². The van der Waals surface area contributed by atoms with Crippen molar-refractivity contribution in [3.05, 3.63) is 376 Å². The Morgan fingerprint density at radius 3 is 1.12 bits per heavy atom. The molecule has 0 atom stereocenters. The van der Waals surface area contributed by atoms with E-state index in [1.165, 1.54) is 60.5 Å². The van der Waals surface area contributed by atoms with Gasteiger partial charge in [0.2, 0.25) is 0 Å². The predicted molar refractivity (Wildman–Crippen MR) is 434 cm³/mol. The molecule has 0 unspecified atom stereocenters. The minimum atomic E-state index is 0.763. The molecule has 6 heteroatoms. The van der Waals surface area contributed by atoms with Gasteiger partial charge in [-0.15, -0.1) is 0 Å². The molecule has 0 N–H and O–H groups in total. The summed E-state index contributed by atoms with van der Waals surface area (Å²) in [4.78, 5) is 14.9. The van der Waals surface area contributed by atoms with Gasteiger partial charge in [-0.2, -0.15) is 0 Å². The lowest BCUT2D eigenvalue weighted by Gasteiger charge is -2.26. The van der Waals surface area contributed by atoms with Gasteiger partial charge in [0.1, 0.15) is 22.3 Å². The summed E-state index contributed by atoms with van der Waals surface area (Å²) in [6, 6.07) is 131. The Hall–Kier alpha value is -13.9. The van der Waals surface area contributed by atoms with Crippen molar-refractivity contribution in [2.24, 2.45) is 0 Å². The van der Waals surface area contributed by atoms with E-state index in [4.69, 9.17) is 18.8 Å². The molecule has 486 valence electrons. The Kier molecular flexibility index (Phi) is 14.5. The topological polar surface area (TPSA) is 58.5 Å². The van der Waals surface area contributed by atoms with Crippen LogP contribution in [0.5, 0.6) is 0 Å². The van der Waals surface area contributed by atoms with Crippen LogP contribution in [-0.2, 0) is 0 Å². The Bertz CT molecular complexity index is 6690. The average Bonchev–Trinajstić information content (AvgIpc) is 1.35. The zero-order valence-corrected chi connectivity index (χ0v) is 56.4. The first-order valence-electron chi connectivity index (χ1n) is 35.3. The van der Waals surface area contributed by atoms with Crippen molar-refractivity contribution < 1.29 is 8.83 Å². The Morgan fingerprint density at radius 2 is 0.577 bits per heavy atom. The second-order valence-electron chi connectivity index (χ2n) is 26.8. The molecule has 0 spiro atoms. The van der Waals surface area contributed by atoms with E-state index < -0.39 is 0 Å². The van der Waals surface area contributed by atoms with Gasteiger partial charge >= 0.3 is 0 Å². The van der Waals surface area contributed by atoms with Gasteiger partial charge in [-0.1, -0.05) is 255 Å². The number of fused-ring (bicyclic) bond motifs is 12. The molecule has 0 saturated heterocycles. The Labute approximate surface area is 600 Å². The Morgan fingerprint density at radius 1 is 0.202 bits per heavy atom. The van der Waals surface area contributed by atoms with Crippen molar-refractivity contribution in [3.63, 3.8) is 0 Å². The van der Waals surface area contributed by atoms with Crippen LogP contribution < -0.4 is 9.80 Å². The molecule has 4 aromatic heterocycles. The van der Waals surface area contributed by atoms with E-state index in [2.05, 4.69) is 356 Å². The van der Waals surface area contributed by atoms with Crippen LogP contribution in [0.15, 0.2) is 385 Å². The summed E-state index contributed by atoms with van der Waals surface area (Å²) in [5.74, 6) is 0. The van der Waals surface area contributed by atoms with E-state index in [1.807, 2.05) is 30.6 Å². The molecule has 104 heavy (non-hydrogen) atoms. The van der Waals surface area contributed by atoms with Crippen LogP contribution in [0.1, 0.15) is 0 Å². The van der Waals surface area contributed by atoms with Crippen LogP contribution in [0.4, 0.5) is 34.1 Å². The number of benzene rings is 16. The summed E-state index contributed by atoms with van der Waals surface area (Å²) in [5, 5.41) is 10.9. The number of hydrogen-bond acceptors (Lipinski definition) is 6. The maximum absolute atomic E-state index is 6.81. The zero-order valence-electron chi connectivity index (χ0n) is 56.4. The van der Waals surface area contributed by atoms with Gasteiger partial charge in [-0.25, -0.2) is 0 Å². The SMILES string of the molecule is c1ccc(-c2ccc(N(c3ccc(-c4ccc(-c5ccccc5)c5ccccc45)cc3)c3ccc4c(cnc5c6cc(-c7cccc(-c8ccc(N(c9ccc(-c%10ccc(-c%11ccccc%11)c%11ccccc%10%11)cc9)c9ccc%10c(c9)ncc9c%11ccccc%11oc%109)cc8)c7)ccc6oc45)c3)cc2)cc1. The van der Waals surface area contributed by atoms with Gasteiger partial charge in [0, 0.05) is 78.8 Å². The molecule has 0 bridgehead atoms. The van der Waals surface area contributed by atoms with E-state index in [0.717, 1.165) is 139 Å². The highest BCUT2D eigenvalue weighted by Gasteiger charge is 2.22. The molecule has 0 aliphatic carbocycles. The summed E-state index contributed by atoms with van der Waals surface area (Å²) in [6.45, 7) is 0. The zero-order chi connectivity index (χ0) is 68.6. The number of rotatable bonds is 13. The third-order valence-electron chi connectivity index (χ3n) is 20.8. The molecule has 0 saturated carbocycles. The van der Waals surface area contributed by atoms with Gasteiger partial charge in [0.25, 0.3) is 0 Å². The summed E-state index contributed by atoms with van der Waals surface area (Å²) < 4.78 is 13.3. The average molecular weight is 1330 g/mol. The Balaban J connectivity index is 0.617. The van der Waals surface area contributed by atoms with Crippen LogP contribution in [0.2, 0.25) is 0 Å². The molecule has 4 heterocycles. The van der Waals surface area contributed by atoms with Gasteiger partial charge in [0.15, 0.2) is 5.58 Å². The minimum Gasteiger partial charge on any atom is -0.455 e. The highest BCUT2D eigenvalue weighted by molar-refractivity contribution is 6.16. The summed E-state index contributed by atoms with van der Waals surface area (Å²) in [7, 11) is 0. The summed E-state index contributed by atoms with van der Waals surface area (Å²) in [5.41, 5.74) is 27.3. The van der Waals surface area contributed by atoms with Crippen molar-refractivity contribution in [3.8, 4) is 77.9 Å². The minimum absolute atomic E-state index is 0.763. The maximum atomic E-state index is 6.81. The fourth-order valence-corrected chi connectivity index (χ4v) is 15.6. The molecule has 0 aliphatic heterocycles. The van der Waals surface area contributed by atoms with E-state index in [9.17, 15) is 0 Å². The predicted octanol–water partition coefficient (Wildman–Crippen LogP) is 27.5. The molecule has 0 radical (unpaired) electrons. The second kappa shape index (κ2) is 25.0. The van der Waals surface area contributed by atoms with Crippen molar-refractivity contribution in [2.45, 2.75) is 0 Å². The van der Waals surface area contributed by atoms with Crippen LogP contribution in [0.3, 0.4) is 0 Å². The number of pyridine rings is 2. The standard InChI is InChI=1S/C98H62N4O2/c1-4-17-63(18-5-1)64-31-40-74(41-32-64)101(76-44-35-68(36-45-76)82-54-52-80(66-19-6-2-7-20-66)85-25-10-12-27-87(82)85)78-48-50-84-73(58-78)61-100-96-91-59-72(39-56-95(91)104-98(84)96)71-24-16-23-70(57-71)65-33-42-75(43-34-65)102(79-49-51-90-93(60-79)99-62-92-89-29-14-15-30-94(89)103-97(90)92)77-46-37-69(38-47-77)83-55-53-81(67-21-8-3-9-22-67)86-26-11-13-28-88(83)86/h1-62H. The number of furan rings is 2. The van der Waals surface area contributed by atoms with E-state index in [1.54, 1.807) is 0 Å². The largest absolute Gasteiger partial charge is 0.455 e. The lowest BCUT2D eigenvalue weighted by atomic mass is 9.92. The van der Waals surface area contributed by atoms with Crippen molar-refractivity contribution in [1.82, 2.24) is 9.97 Å². The van der Waals surface area contributed by atoms with Crippen LogP contribution >= 0.6 is 0 Å². The van der Waals surface area contributed by atoms with Gasteiger partial charge < -0.3 is 18.6 Å². The lowest BCUT2D eigenvalue weighted by Crippen LogP contribution is -2.10. The number of nitrogens with zero attached hydrogens (tertiary/aromatic N) is 4. The van der Waals surface area contributed by atoms with Crippen molar-refractivity contribution in [1.29, 1.82) is 0 Å². The molecule has 0 aliphatic rings.